The number of allylic oxidation sites excluding steroid dienone is 1. The molecular formula is C32H39ClN2O6S. The number of sulfonamides is 1. The number of aliphatic hydroxyl groups excluding tert-OH is 1. The van der Waals surface area contributed by atoms with E-state index in [-0.39, 0.29) is 28.7 Å². The maximum Gasteiger partial charge on any atom is 0.335 e. The molecule has 0 amide bonds. The minimum atomic E-state index is -3.52. The Balaban J connectivity index is 1.23. The fourth-order valence-electron chi connectivity index (χ4n) is 7.58. The van der Waals surface area contributed by atoms with Crippen molar-refractivity contribution in [2.24, 2.45) is 22.9 Å². The van der Waals surface area contributed by atoms with Gasteiger partial charge in [0.2, 0.25) is 10.0 Å². The molecule has 1 heterocycles. The van der Waals surface area contributed by atoms with Gasteiger partial charge in [-0.05, 0) is 111 Å². The third kappa shape index (κ3) is 5.68. The van der Waals surface area contributed by atoms with Crippen LogP contribution in [0.1, 0.15) is 66.4 Å². The third-order valence-corrected chi connectivity index (χ3v) is 11.9. The molecule has 226 valence electrons. The average Bonchev–Trinajstić information content (AvgIpc) is 3.04. The zero-order valence-corrected chi connectivity index (χ0v) is 25.2. The number of rotatable bonds is 8. The van der Waals surface area contributed by atoms with E-state index in [0.717, 1.165) is 49.2 Å². The van der Waals surface area contributed by atoms with Gasteiger partial charge in [0.25, 0.3) is 0 Å². The molecule has 0 aromatic heterocycles. The first-order valence-electron chi connectivity index (χ1n) is 14.9. The van der Waals surface area contributed by atoms with E-state index in [4.69, 9.17) is 21.5 Å². The van der Waals surface area contributed by atoms with Crippen LogP contribution < -0.4 is 14.8 Å². The summed E-state index contributed by atoms with van der Waals surface area (Å²) in [6, 6.07) is 11.2. The number of nitrogens with two attached hydrogens (primary N) is 1. The van der Waals surface area contributed by atoms with Crippen LogP contribution in [0.3, 0.4) is 0 Å². The van der Waals surface area contributed by atoms with Crippen molar-refractivity contribution in [3.8, 4) is 5.75 Å². The normalized spacial score (nSPS) is 29.5. The number of aryl methyl sites for hydroxylation is 1. The van der Waals surface area contributed by atoms with Crippen LogP contribution in [-0.2, 0) is 21.9 Å². The molecule has 42 heavy (non-hydrogen) atoms. The van der Waals surface area contributed by atoms with Crippen LogP contribution in [0, 0.1) is 17.8 Å². The molecule has 2 aromatic carbocycles. The number of primary sulfonamides is 1. The van der Waals surface area contributed by atoms with Gasteiger partial charge in [-0.25, -0.2) is 18.4 Å². The number of halogens is 1. The van der Waals surface area contributed by atoms with Gasteiger partial charge in [0.15, 0.2) is 0 Å². The van der Waals surface area contributed by atoms with Gasteiger partial charge in [-0.1, -0.05) is 29.8 Å². The Kier molecular flexibility index (Phi) is 8.06. The predicted octanol–water partition coefficient (Wildman–Crippen LogP) is 4.91. The van der Waals surface area contributed by atoms with Crippen LogP contribution in [-0.4, -0.2) is 55.7 Å². The lowest BCUT2D eigenvalue weighted by atomic mass is 9.68. The number of carboxylic acid groups (broad SMARTS) is 1. The number of aliphatic hydroxyl groups is 1. The summed E-state index contributed by atoms with van der Waals surface area (Å²) in [5.74, 6) is 0.00419. The molecule has 8 nitrogen and oxygen atoms in total. The summed E-state index contributed by atoms with van der Waals surface area (Å²) in [6.07, 6.45) is 9.95. The molecule has 4 aliphatic rings. The fraction of sp³-hybridized carbons (Fsp3) is 0.531. The maximum absolute atomic E-state index is 11.9. The maximum atomic E-state index is 11.9. The second-order valence-corrected chi connectivity index (χ2v) is 14.9. The van der Waals surface area contributed by atoms with E-state index in [0.29, 0.717) is 38.3 Å². The summed E-state index contributed by atoms with van der Waals surface area (Å²) in [5, 5.41) is 26.4. The summed E-state index contributed by atoms with van der Waals surface area (Å²) in [5.41, 5.74) is 3.23. The van der Waals surface area contributed by atoms with Gasteiger partial charge in [0, 0.05) is 23.5 Å². The highest BCUT2D eigenvalue weighted by molar-refractivity contribution is 7.89. The number of benzene rings is 2. The Bertz CT molecular complexity index is 1500. The first kappa shape index (κ1) is 29.5. The van der Waals surface area contributed by atoms with Gasteiger partial charge in [0.1, 0.15) is 5.75 Å². The van der Waals surface area contributed by atoms with Crippen LogP contribution in [0.15, 0.2) is 48.6 Å². The topological polar surface area (TPSA) is 130 Å². The highest BCUT2D eigenvalue weighted by Crippen LogP contribution is 2.47. The second-order valence-electron chi connectivity index (χ2n) is 12.7. The van der Waals surface area contributed by atoms with Crippen LogP contribution >= 0.6 is 11.6 Å². The number of ether oxygens (including phenoxy) is 1. The quantitative estimate of drug-likeness (QED) is 0.360. The number of carbonyl (C=O) groups is 1. The van der Waals surface area contributed by atoms with Crippen molar-refractivity contribution in [1.82, 2.24) is 0 Å². The summed E-state index contributed by atoms with van der Waals surface area (Å²) in [4.78, 5) is 14.2. The molecule has 6 atom stereocenters. The Morgan fingerprint density at radius 2 is 1.98 bits per heavy atom. The molecule has 0 unspecified atom stereocenters. The van der Waals surface area contributed by atoms with E-state index in [1.165, 1.54) is 11.1 Å². The lowest BCUT2D eigenvalue weighted by molar-refractivity contribution is 0.0455. The highest BCUT2D eigenvalue weighted by atomic mass is 35.5. The Morgan fingerprint density at radius 3 is 2.67 bits per heavy atom. The number of fused-ring (bicyclic) bond motifs is 3. The molecule has 2 aromatic rings. The molecule has 2 fully saturated rings. The molecule has 10 heteroatoms. The standard InChI is InChI=1S/C32H39ClN2O6S/c33-24-9-11-26-21(15-24)4-2-14-32(26)18-35(27-16-22(31(37)38)7-12-29(27)41-19-32)17-23-6-10-25(23)28(36)5-1-3-20-8-13-30(20)42(34,39)40/h1,5,7,9,11-12,15-16,20,23,25,28,30,36H,2-4,6,8,10,13-14,17-19H2,(H,37,38)(H2,34,39,40)/b5-1+/t20-,23+,25-,28+,30-,32+/m1/s1. The highest BCUT2D eigenvalue weighted by Gasteiger charge is 2.44. The average molecular weight is 615 g/mol. The number of carboxylic acids is 1. The zero-order chi connectivity index (χ0) is 29.6. The summed E-state index contributed by atoms with van der Waals surface area (Å²) in [7, 11) is -3.52. The van der Waals surface area contributed by atoms with Crippen LogP contribution in [0.25, 0.3) is 0 Å². The van der Waals surface area contributed by atoms with Crippen molar-refractivity contribution in [3.05, 3.63) is 70.3 Å². The molecule has 1 aliphatic heterocycles. The van der Waals surface area contributed by atoms with Crippen LogP contribution in [0.4, 0.5) is 5.69 Å². The van der Waals surface area contributed by atoms with E-state index in [1.54, 1.807) is 18.2 Å². The number of anilines is 1. The number of hydrogen-bond donors (Lipinski definition) is 3. The zero-order valence-electron chi connectivity index (χ0n) is 23.6. The molecule has 4 N–H and O–H groups in total. The van der Waals surface area contributed by atoms with Crippen LogP contribution in [0.2, 0.25) is 5.02 Å². The Hall–Kier alpha value is -2.59. The molecule has 0 bridgehead atoms. The first-order valence-corrected chi connectivity index (χ1v) is 16.9. The van der Waals surface area contributed by atoms with Crippen molar-refractivity contribution < 1.29 is 28.2 Å². The fourth-order valence-corrected chi connectivity index (χ4v) is 9.02. The van der Waals surface area contributed by atoms with Crippen molar-refractivity contribution >= 4 is 33.3 Å². The molecule has 3 aliphatic carbocycles. The molecule has 1 spiro atoms. The number of hydrogen-bond acceptors (Lipinski definition) is 6. The van der Waals surface area contributed by atoms with Gasteiger partial charge < -0.3 is 19.8 Å². The molecule has 0 radical (unpaired) electrons. The van der Waals surface area contributed by atoms with E-state index < -0.39 is 27.3 Å². The SMILES string of the molecule is NS(=O)(=O)[C@@H]1CC[C@H]1C/C=C/[C@H](O)[C@@H]1CC[C@H]1CN1C[C@@]2(CCCc3cc(Cl)ccc32)COc2ccc(C(=O)O)cc21. The largest absolute Gasteiger partial charge is 0.490 e. The number of aromatic carboxylic acids is 1. The van der Waals surface area contributed by atoms with E-state index in [9.17, 15) is 23.4 Å². The van der Waals surface area contributed by atoms with E-state index >= 15 is 0 Å². The molecule has 2 saturated carbocycles. The summed E-state index contributed by atoms with van der Waals surface area (Å²) < 4.78 is 29.9. The van der Waals surface area contributed by atoms with Gasteiger partial charge in [-0.15, -0.1) is 0 Å². The van der Waals surface area contributed by atoms with E-state index in [2.05, 4.69) is 17.0 Å². The monoisotopic (exact) mass is 614 g/mol. The Labute approximate surface area is 252 Å². The van der Waals surface area contributed by atoms with Gasteiger partial charge in [0.05, 0.1) is 29.2 Å². The van der Waals surface area contributed by atoms with Crippen molar-refractivity contribution in [2.45, 2.75) is 68.1 Å². The minimum absolute atomic E-state index is 0.0158. The molecule has 6 rings (SSSR count). The Morgan fingerprint density at radius 1 is 1.17 bits per heavy atom. The van der Waals surface area contributed by atoms with Gasteiger partial charge >= 0.3 is 5.97 Å². The van der Waals surface area contributed by atoms with Gasteiger partial charge in [-0.3, -0.25) is 0 Å². The van der Waals surface area contributed by atoms with E-state index in [1.807, 2.05) is 18.2 Å². The van der Waals surface area contributed by atoms with Crippen molar-refractivity contribution in [3.63, 3.8) is 0 Å². The lowest BCUT2D eigenvalue weighted by Gasteiger charge is -2.45. The second kappa shape index (κ2) is 11.5. The molecular weight excluding hydrogens is 576 g/mol. The predicted molar refractivity (Wildman–Crippen MR) is 163 cm³/mol. The van der Waals surface area contributed by atoms with Crippen molar-refractivity contribution in [2.75, 3.05) is 24.6 Å². The first-order chi connectivity index (χ1) is 20.0. The summed E-state index contributed by atoms with van der Waals surface area (Å²) in [6.45, 7) is 1.86. The lowest BCUT2D eigenvalue weighted by Crippen LogP contribution is -2.49. The van der Waals surface area contributed by atoms with Crippen molar-refractivity contribution in [1.29, 1.82) is 0 Å². The molecule has 0 saturated heterocycles. The van der Waals surface area contributed by atoms with Gasteiger partial charge in [-0.2, -0.15) is 0 Å². The summed E-state index contributed by atoms with van der Waals surface area (Å²) >= 11 is 6.36. The smallest absolute Gasteiger partial charge is 0.335 e. The van der Waals surface area contributed by atoms with Crippen LogP contribution in [0.5, 0.6) is 5.75 Å². The third-order valence-electron chi connectivity index (χ3n) is 10.2. The number of nitrogens with zero attached hydrogens (tertiary/aromatic N) is 1. The minimum Gasteiger partial charge on any atom is -0.490 e.